The highest BCUT2D eigenvalue weighted by atomic mass is 32.2. The Hall–Kier alpha value is -1.90. The highest BCUT2D eigenvalue weighted by Crippen LogP contribution is 2.33. The molecule has 6 nitrogen and oxygen atoms in total. The number of hydrogen-bond acceptors (Lipinski definition) is 6. The summed E-state index contributed by atoms with van der Waals surface area (Å²) < 4.78 is 37.9. The maximum absolute atomic E-state index is 13.0. The lowest BCUT2D eigenvalue weighted by atomic mass is 9.93. The smallest absolute Gasteiger partial charge is 0.246 e. The Morgan fingerprint density at radius 3 is 2.46 bits per heavy atom. The zero-order valence-electron chi connectivity index (χ0n) is 14.7. The van der Waals surface area contributed by atoms with E-state index in [2.05, 4.69) is 0 Å². The van der Waals surface area contributed by atoms with Crippen LogP contribution in [0.4, 0.5) is 0 Å². The summed E-state index contributed by atoms with van der Waals surface area (Å²) in [6.45, 7) is 0.620. The van der Waals surface area contributed by atoms with Gasteiger partial charge >= 0.3 is 0 Å². The number of nitrogens with zero attached hydrogens (tertiary/aromatic N) is 1. The van der Waals surface area contributed by atoms with E-state index in [4.69, 9.17) is 9.47 Å². The fourth-order valence-corrected chi connectivity index (χ4v) is 5.49. The monoisotopic (exact) mass is 395 g/mol. The van der Waals surface area contributed by atoms with E-state index in [0.717, 1.165) is 4.88 Å². The van der Waals surface area contributed by atoms with Crippen molar-refractivity contribution in [2.45, 2.75) is 17.7 Å². The number of ketones is 1. The van der Waals surface area contributed by atoms with Crippen LogP contribution in [-0.4, -0.2) is 45.8 Å². The molecule has 0 radical (unpaired) electrons. The Bertz CT molecular complexity index is 869. The van der Waals surface area contributed by atoms with Gasteiger partial charge in [0, 0.05) is 25.1 Å². The van der Waals surface area contributed by atoms with E-state index >= 15 is 0 Å². The molecule has 2 heterocycles. The molecule has 0 unspecified atom stereocenters. The van der Waals surface area contributed by atoms with Gasteiger partial charge in [-0.05, 0) is 36.4 Å². The van der Waals surface area contributed by atoms with Crippen molar-refractivity contribution in [3.8, 4) is 11.5 Å². The Balaban J connectivity index is 1.77. The number of carbonyl (C=O) groups is 1. The predicted molar refractivity (Wildman–Crippen MR) is 99.7 cm³/mol. The van der Waals surface area contributed by atoms with E-state index in [1.807, 2.05) is 17.5 Å². The van der Waals surface area contributed by atoms with Gasteiger partial charge in [0.05, 0.1) is 19.1 Å². The molecule has 0 bridgehead atoms. The molecule has 0 atom stereocenters. The largest absolute Gasteiger partial charge is 0.497 e. The molecule has 1 aliphatic rings. The first kappa shape index (κ1) is 18.9. The van der Waals surface area contributed by atoms with Crippen molar-refractivity contribution < 1.29 is 22.7 Å². The molecule has 0 spiro atoms. The number of benzene rings is 1. The first-order valence-corrected chi connectivity index (χ1v) is 10.6. The SMILES string of the molecule is COc1ccc(OC)c(S(=O)(=O)N2CCC(C(=O)c3cccs3)CC2)c1. The molecular weight excluding hydrogens is 374 g/mol. The molecule has 2 aromatic rings. The minimum absolute atomic E-state index is 0.0855. The van der Waals surface area contributed by atoms with Gasteiger partial charge in [0.2, 0.25) is 10.0 Å². The molecule has 1 aromatic heterocycles. The molecule has 1 aliphatic heterocycles. The van der Waals surface area contributed by atoms with Crippen LogP contribution in [0, 0.1) is 5.92 Å². The quantitative estimate of drug-likeness (QED) is 0.703. The zero-order valence-corrected chi connectivity index (χ0v) is 16.3. The molecule has 8 heteroatoms. The minimum Gasteiger partial charge on any atom is -0.497 e. The fraction of sp³-hybridized carbons (Fsp3) is 0.389. The topological polar surface area (TPSA) is 72.9 Å². The third kappa shape index (κ3) is 3.62. The normalized spacial score (nSPS) is 16.4. The van der Waals surface area contributed by atoms with Crippen LogP contribution in [0.3, 0.4) is 0 Å². The molecule has 0 saturated carbocycles. The second-order valence-corrected chi connectivity index (χ2v) is 8.89. The summed E-state index contributed by atoms with van der Waals surface area (Å²) >= 11 is 1.43. The second-order valence-electron chi connectivity index (χ2n) is 6.04. The van der Waals surface area contributed by atoms with Crippen LogP contribution in [-0.2, 0) is 10.0 Å². The van der Waals surface area contributed by atoms with Gasteiger partial charge < -0.3 is 9.47 Å². The Kier molecular flexibility index (Phi) is 5.64. The summed E-state index contributed by atoms with van der Waals surface area (Å²) in [5.74, 6) is 0.707. The number of hydrogen-bond donors (Lipinski definition) is 0. The molecule has 140 valence electrons. The number of rotatable bonds is 6. The van der Waals surface area contributed by atoms with Gasteiger partial charge in [0.25, 0.3) is 0 Å². The molecule has 0 N–H and O–H groups in total. The van der Waals surface area contributed by atoms with Crippen LogP contribution >= 0.6 is 11.3 Å². The van der Waals surface area contributed by atoms with Crippen molar-refractivity contribution in [1.82, 2.24) is 4.31 Å². The number of piperidine rings is 1. The number of ether oxygens (including phenoxy) is 2. The number of methoxy groups -OCH3 is 2. The summed E-state index contributed by atoms with van der Waals surface area (Å²) in [5, 5.41) is 1.88. The predicted octanol–water partition coefficient (Wildman–Crippen LogP) is 3.05. The summed E-state index contributed by atoms with van der Waals surface area (Å²) in [6.07, 6.45) is 1.03. The van der Waals surface area contributed by atoms with E-state index in [1.165, 1.54) is 35.9 Å². The van der Waals surface area contributed by atoms with Crippen LogP contribution in [0.15, 0.2) is 40.6 Å². The summed E-state index contributed by atoms with van der Waals surface area (Å²) in [6, 6.07) is 8.38. The van der Waals surface area contributed by atoms with Crippen LogP contribution < -0.4 is 9.47 Å². The van der Waals surface area contributed by atoms with Gasteiger partial charge in [-0.2, -0.15) is 4.31 Å². The van der Waals surface area contributed by atoms with Crippen molar-refractivity contribution in [2.24, 2.45) is 5.92 Å². The lowest BCUT2D eigenvalue weighted by Crippen LogP contribution is -2.40. The van der Waals surface area contributed by atoms with E-state index < -0.39 is 10.0 Å². The summed E-state index contributed by atoms with van der Waals surface area (Å²) in [5.41, 5.74) is 0. The van der Waals surface area contributed by atoms with Crippen molar-refractivity contribution in [1.29, 1.82) is 0 Å². The van der Waals surface area contributed by atoms with Crippen LogP contribution in [0.2, 0.25) is 0 Å². The maximum atomic E-state index is 13.0. The maximum Gasteiger partial charge on any atom is 0.246 e. The van der Waals surface area contributed by atoms with E-state index in [0.29, 0.717) is 31.7 Å². The third-order valence-corrected chi connectivity index (χ3v) is 7.38. The molecule has 1 saturated heterocycles. The van der Waals surface area contributed by atoms with Crippen molar-refractivity contribution in [3.05, 3.63) is 40.6 Å². The van der Waals surface area contributed by atoms with E-state index in [9.17, 15) is 13.2 Å². The van der Waals surface area contributed by atoms with Gasteiger partial charge in [-0.3, -0.25) is 4.79 Å². The average Bonchev–Trinajstić information content (AvgIpc) is 3.21. The molecule has 1 fully saturated rings. The number of Topliss-reactive ketones (excluding diaryl/α,β-unsaturated/α-hetero) is 1. The van der Waals surface area contributed by atoms with Crippen molar-refractivity contribution in [2.75, 3.05) is 27.3 Å². The van der Waals surface area contributed by atoms with Gasteiger partial charge in [-0.25, -0.2) is 8.42 Å². The molecule has 0 aliphatic carbocycles. The van der Waals surface area contributed by atoms with Crippen LogP contribution in [0.1, 0.15) is 22.5 Å². The van der Waals surface area contributed by atoms with Crippen LogP contribution in [0.5, 0.6) is 11.5 Å². The third-order valence-electron chi connectivity index (χ3n) is 4.58. The molecule has 1 aromatic carbocycles. The zero-order chi connectivity index (χ0) is 18.7. The highest BCUT2D eigenvalue weighted by Gasteiger charge is 2.34. The number of carbonyl (C=O) groups excluding carboxylic acids is 1. The van der Waals surface area contributed by atoms with Crippen molar-refractivity contribution in [3.63, 3.8) is 0 Å². The lowest BCUT2D eigenvalue weighted by Gasteiger charge is -2.30. The standard InChI is InChI=1S/C18H21NO5S2/c1-23-14-5-6-15(24-2)17(12-14)26(21,22)19-9-7-13(8-10-19)18(20)16-4-3-11-25-16/h3-6,11-13H,7-10H2,1-2H3. The van der Waals surface area contributed by atoms with E-state index in [-0.39, 0.29) is 22.3 Å². The van der Waals surface area contributed by atoms with Crippen molar-refractivity contribution >= 4 is 27.1 Å². The van der Waals surface area contributed by atoms with Gasteiger partial charge in [-0.1, -0.05) is 6.07 Å². The molecule has 26 heavy (non-hydrogen) atoms. The summed E-state index contributed by atoms with van der Waals surface area (Å²) in [4.78, 5) is 13.3. The van der Waals surface area contributed by atoms with Gasteiger partial charge in [0.15, 0.2) is 5.78 Å². The number of sulfonamides is 1. The first-order chi connectivity index (χ1) is 12.5. The Labute approximate surface area is 157 Å². The Morgan fingerprint density at radius 1 is 1.15 bits per heavy atom. The van der Waals surface area contributed by atoms with Gasteiger partial charge in [-0.15, -0.1) is 11.3 Å². The average molecular weight is 396 g/mol. The fourth-order valence-electron chi connectivity index (χ4n) is 3.10. The summed E-state index contributed by atoms with van der Waals surface area (Å²) in [7, 11) is -0.797. The second kappa shape index (κ2) is 7.77. The first-order valence-electron chi connectivity index (χ1n) is 8.27. The minimum atomic E-state index is -3.72. The highest BCUT2D eigenvalue weighted by molar-refractivity contribution is 7.89. The van der Waals surface area contributed by atoms with Gasteiger partial charge in [0.1, 0.15) is 16.4 Å². The lowest BCUT2D eigenvalue weighted by molar-refractivity contribution is 0.0879. The Morgan fingerprint density at radius 2 is 1.88 bits per heavy atom. The molecule has 0 amide bonds. The number of thiophene rings is 1. The van der Waals surface area contributed by atoms with Crippen LogP contribution in [0.25, 0.3) is 0 Å². The molecular formula is C18H21NO5S2. The molecule has 3 rings (SSSR count). The van der Waals surface area contributed by atoms with E-state index in [1.54, 1.807) is 12.1 Å².